The first kappa shape index (κ1) is 14.2. The Bertz CT molecular complexity index is 236. The standard InChI is InChI=1S/C13H27N3O2/c1-15-4-6-16(7-5-15)8-11-18-13(12-14)2-9-17-10-3-13/h2-12,14H2,1H3. The third kappa shape index (κ3) is 3.90. The number of hydrogen-bond donors (Lipinski definition) is 1. The van der Waals surface area contributed by atoms with Crippen LogP contribution in [0.1, 0.15) is 12.8 Å². The fourth-order valence-corrected chi connectivity index (χ4v) is 2.61. The van der Waals surface area contributed by atoms with Crippen molar-refractivity contribution in [3.8, 4) is 0 Å². The van der Waals surface area contributed by atoms with Gasteiger partial charge < -0.3 is 20.1 Å². The second kappa shape index (κ2) is 6.82. The Morgan fingerprint density at radius 3 is 2.44 bits per heavy atom. The number of rotatable bonds is 5. The molecule has 5 heteroatoms. The molecule has 2 heterocycles. The van der Waals surface area contributed by atoms with Crippen LogP contribution in [-0.4, -0.2) is 81.5 Å². The maximum absolute atomic E-state index is 6.09. The molecular formula is C13H27N3O2. The summed E-state index contributed by atoms with van der Waals surface area (Å²) in [5, 5.41) is 0. The summed E-state index contributed by atoms with van der Waals surface area (Å²) in [6.07, 6.45) is 1.87. The second-order valence-corrected chi connectivity index (χ2v) is 5.49. The van der Waals surface area contributed by atoms with Gasteiger partial charge in [-0.25, -0.2) is 0 Å². The van der Waals surface area contributed by atoms with Gasteiger partial charge in [0.15, 0.2) is 0 Å². The van der Waals surface area contributed by atoms with E-state index in [0.29, 0.717) is 6.54 Å². The first-order valence-electron chi connectivity index (χ1n) is 7.07. The minimum Gasteiger partial charge on any atom is -0.381 e. The van der Waals surface area contributed by atoms with Crippen molar-refractivity contribution in [2.45, 2.75) is 18.4 Å². The highest BCUT2D eigenvalue weighted by Crippen LogP contribution is 2.23. The fraction of sp³-hybridized carbons (Fsp3) is 1.00. The molecule has 18 heavy (non-hydrogen) atoms. The van der Waals surface area contributed by atoms with E-state index in [0.717, 1.165) is 65.4 Å². The van der Waals surface area contributed by atoms with Crippen LogP contribution in [0.5, 0.6) is 0 Å². The van der Waals surface area contributed by atoms with E-state index in [4.69, 9.17) is 15.2 Å². The van der Waals surface area contributed by atoms with Crippen LogP contribution in [0.2, 0.25) is 0 Å². The van der Waals surface area contributed by atoms with Gasteiger partial charge in [-0.1, -0.05) is 0 Å². The van der Waals surface area contributed by atoms with Gasteiger partial charge in [0, 0.05) is 65.3 Å². The van der Waals surface area contributed by atoms with E-state index >= 15 is 0 Å². The van der Waals surface area contributed by atoms with Crippen LogP contribution >= 0.6 is 0 Å². The van der Waals surface area contributed by atoms with Gasteiger partial charge in [-0.15, -0.1) is 0 Å². The predicted octanol–water partition coefficient (Wildman–Crippen LogP) is -0.242. The van der Waals surface area contributed by atoms with Crippen LogP contribution < -0.4 is 5.73 Å². The third-order valence-corrected chi connectivity index (χ3v) is 4.19. The smallest absolute Gasteiger partial charge is 0.0848 e. The number of piperazine rings is 1. The Balaban J connectivity index is 1.67. The van der Waals surface area contributed by atoms with Crippen molar-refractivity contribution in [1.82, 2.24) is 9.80 Å². The van der Waals surface area contributed by atoms with Crippen molar-refractivity contribution in [2.75, 3.05) is 66.1 Å². The number of ether oxygens (including phenoxy) is 2. The summed E-state index contributed by atoms with van der Waals surface area (Å²) < 4.78 is 11.5. The monoisotopic (exact) mass is 257 g/mol. The molecule has 2 saturated heterocycles. The minimum absolute atomic E-state index is 0.120. The highest BCUT2D eigenvalue weighted by molar-refractivity contribution is 4.84. The molecule has 0 aromatic heterocycles. The zero-order chi connectivity index (χ0) is 12.8. The fourth-order valence-electron chi connectivity index (χ4n) is 2.61. The molecule has 2 aliphatic rings. The normalized spacial score (nSPS) is 26.3. The van der Waals surface area contributed by atoms with Crippen LogP contribution in [0.3, 0.4) is 0 Å². The lowest BCUT2D eigenvalue weighted by Crippen LogP contribution is -2.49. The van der Waals surface area contributed by atoms with Crippen molar-refractivity contribution < 1.29 is 9.47 Å². The lowest BCUT2D eigenvalue weighted by atomic mass is 9.94. The molecule has 106 valence electrons. The van der Waals surface area contributed by atoms with E-state index in [1.54, 1.807) is 0 Å². The average molecular weight is 257 g/mol. The van der Waals surface area contributed by atoms with Gasteiger partial charge in [0.05, 0.1) is 12.2 Å². The summed E-state index contributed by atoms with van der Waals surface area (Å²) in [5.41, 5.74) is 5.75. The molecule has 0 spiro atoms. The molecule has 0 aromatic rings. The van der Waals surface area contributed by atoms with E-state index in [9.17, 15) is 0 Å². The molecule has 2 fully saturated rings. The second-order valence-electron chi connectivity index (χ2n) is 5.49. The Morgan fingerprint density at radius 1 is 1.17 bits per heavy atom. The number of nitrogens with two attached hydrogens (primary N) is 1. The summed E-state index contributed by atoms with van der Waals surface area (Å²) in [7, 11) is 2.18. The molecule has 0 saturated carbocycles. The Kier molecular flexibility index (Phi) is 5.38. The molecule has 0 aliphatic carbocycles. The molecular weight excluding hydrogens is 230 g/mol. The van der Waals surface area contributed by atoms with Crippen LogP contribution in [-0.2, 0) is 9.47 Å². The van der Waals surface area contributed by atoms with Gasteiger partial charge in [-0.05, 0) is 7.05 Å². The molecule has 0 amide bonds. The number of likely N-dealkylation sites (N-methyl/N-ethyl adjacent to an activating group) is 1. The summed E-state index contributed by atoms with van der Waals surface area (Å²) in [6, 6.07) is 0. The highest BCUT2D eigenvalue weighted by Gasteiger charge is 2.32. The minimum atomic E-state index is -0.120. The summed E-state index contributed by atoms with van der Waals surface area (Å²) >= 11 is 0. The van der Waals surface area contributed by atoms with Crippen LogP contribution in [0.25, 0.3) is 0 Å². The number of nitrogens with zero attached hydrogens (tertiary/aromatic N) is 2. The molecule has 0 unspecified atom stereocenters. The van der Waals surface area contributed by atoms with Gasteiger partial charge in [0.2, 0.25) is 0 Å². The molecule has 0 aromatic carbocycles. The van der Waals surface area contributed by atoms with Crippen LogP contribution in [0.4, 0.5) is 0 Å². The first-order valence-corrected chi connectivity index (χ1v) is 7.07. The summed E-state index contributed by atoms with van der Waals surface area (Å²) in [4.78, 5) is 4.85. The zero-order valence-electron chi connectivity index (χ0n) is 11.6. The van der Waals surface area contributed by atoms with Crippen molar-refractivity contribution in [3.63, 3.8) is 0 Å². The predicted molar refractivity (Wildman–Crippen MR) is 71.7 cm³/mol. The SMILES string of the molecule is CN1CCN(CCOC2(CN)CCOCC2)CC1. The quantitative estimate of drug-likeness (QED) is 0.736. The molecule has 2 N–H and O–H groups in total. The van der Waals surface area contributed by atoms with Gasteiger partial charge in [-0.2, -0.15) is 0 Å². The topological polar surface area (TPSA) is 51.0 Å². The maximum Gasteiger partial charge on any atom is 0.0848 e. The van der Waals surface area contributed by atoms with Gasteiger partial charge >= 0.3 is 0 Å². The highest BCUT2D eigenvalue weighted by atomic mass is 16.5. The Labute approximate surface area is 110 Å². The maximum atomic E-state index is 6.09. The molecule has 2 rings (SSSR count). The average Bonchev–Trinajstić information content (AvgIpc) is 2.42. The molecule has 2 aliphatic heterocycles. The van der Waals surface area contributed by atoms with Crippen molar-refractivity contribution in [1.29, 1.82) is 0 Å². The molecule has 0 radical (unpaired) electrons. The van der Waals surface area contributed by atoms with E-state index < -0.39 is 0 Å². The molecule has 0 atom stereocenters. The molecule has 5 nitrogen and oxygen atoms in total. The third-order valence-electron chi connectivity index (χ3n) is 4.19. The van der Waals surface area contributed by atoms with E-state index in [1.807, 2.05) is 0 Å². The van der Waals surface area contributed by atoms with Crippen LogP contribution in [0.15, 0.2) is 0 Å². The molecule has 0 bridgehead atoms. The number of hydrogen-bond acceptors (Lipinski definition) is 5. The van der Waals surface area contributed by atoms with Gasteiger partial charge in [-0.3, -0.25) is 4.90 Å². The van der Waals surface area contributed by atoms with E-state index in [1.165, 1.54) is 0 Å². The van der Waals surface area contributed by atoms with Crippen molar-refractivity contribution in [2.24, 2.45) is 5.73 Å². The first-order chi connectivity index (χ1) is 8.74. The van der Waals surface area contributed by atoms with E-state index in [2.05, 4.69) is 16.8 Å². The zero-order valence-corrected chi connectivity index (χ0v) is 11.6. The van der Waals surface area contributed by atoms with Crippen molar-refractivity contribution >= 4 is 0 Å². The summed E-state index contributed by atoms with van der Waals surface area (Å²) in [6.45, 7) is 8.62. The Morgan fingerprint density at radius 2 is 1.83 bits per heavy atom. The van der Waals surface area contributed by atoms with Gasteiger partial charge in [0.25, 0.3) is 0 Å². The van der Waals surface area contributed by atoms with Crippen molar-refractivity contribution in [3.05, 3.63) is 0 Å². The Hall–Kier alpha value is -0.200. The van der Waals surface area contributed by atoms with Gasteiger partial charge in [0.1, 0.15) is 0 Å². The lowest BCUT2D eigenvalue weighted by Gasteiger charge is -2.37. The van der Waals surface area contributed by atoms with Crippen LogP contribution in [0, 0.1) is 0 Å². The largest absolute Gasteiger partial charge is 0.381 e. The van der Waals surface area contributed by atoms with E-state index in [-0.39, 0.29) is 5.60 Å². The lowest BCUT2D eigenvalue weighted by molar-refractivity contribution is -0.109. The summed E-state index contributed by atoms with van der Waals surface area (Å²) in [5.74, 6) is 0.